The van der Waals surface area contributed by atoms with E-state index in [9.17, 15) is 4.79 Å². The highest BCUT2D eigenvalue weighted by Crippen LogP contribution is 2.16. The predicted molar refractivity (Wildman–Crippen MR) is 72.5 cm³/mol. The topological polar surface area (TPSA) is 68.0 Å². The number of nitrogens with two attached hydrogens (primary N) is 1. The van der Waals surface area contributed by atoms with Crippen molar-refractivity contribution in [3.05, 3.63) is 53.3 Å². The zero-order chi connectivity index (χ0) is 13.1. The Morgan fingerprint density at radius 3 is 2.50 bits per heavy atom. The summed E-state index contributed by atoms with van der Waals surface area (Å²) in [5, 5.41) is 2.80. The Hall–Kier alpha value is -2.36. The van der Waals surface area contributed by atoms with E-state index >= 15 is 0 Å². The lowest BCUT2D eigenvalue weighted by atomic mass is 10.1. The fraction of sp³-hybridized carbons (Fsp3) is 0.143. The summed E-state index contributed by atoms with van der Waals surface area (Å²) < 4.78 is 0. The van der Waals surface area contributed by atoms with Crippen molar-refractivity contribution < 1.29 is 4.79 Å². The van der Waals surface area contributed by atoms with Gasteiger partial charge in [-0.15, -0.1) is 0 Å². The molecule has 0 bridgehead atoms. The fourth-order valence-electron chi connectivity index (χ4n) is 1.84. The number of nitrogens with zero attached hydrogens (tertiary/aromatic N) is 1. The normalized spacial score (nSPS) is 10.1. The van der Waals surface area contributed by atoms with Gasteiger partial charge in [-0.25, -0.2) is 4.98 Å². The van der Waals surface area contributed by atoms with Gasteiger partial charge in [-0.3, -0.25) is 4.79 Å². The highest BCUT2D eigenvalue weighted by molar-refractivity contribution is 6.06. The molecular formula is C14H15N3O. The van der Waals surface area contributed by atoms with E-state index < -0.39 is 0 Å². The largest absolute Gasteiger partial charge is 0.397 e. The average Bonchev–Trinajstić information content (AvgIpc) is 2.27. The molecule has 1 aromatic heterocycles. The number of hydrogen-bond acceptors (Lipinski definition) is 3. The summed E-state index contributed by atoms with van der Waals surface area (Å²) in [4.78, 5) is 16.0. The Morgan fingerprint density at radius 2 is 1.89 bits per heavy atom. The Bertz CT molecular complexity index is 573. The lowest BCUT2D eigenvalue weighted by molar-refractivity contribution is 0.102. The van der Waals surface area contributed by atoms with E-state index in [2.05, 4.69) is 10.3 Å². The number of rotatable bonds is 2. The van der Waals surface area contributed by atoms with E-state index in [1.54, 1.807) is 18.3 Å². The Kier molecular flexibility index (Phi) is 3.28. The smallest absolute Gasteiger partial charge is 0.276 e. The van der Waals surface area contributed by atoms with Crippen molar-refractivity contribution in [3.63, 3.8) is 0 Å². The Labute approximate surface area is 106 Å². The minimum atomic E-state index is -0.293. The average molecular weight is 241 g/mol. The molecule has 0 radical (unpaired) electrons. The van der Waals surface area contributed by atoms with Gasteiger partial charge in [0, 0.05) is 11.9 Å². The number of aryl methyl sites for hydroxylation is 2. The number of anilines is 2. The molecule has 0 saturated heterocycles. The van der Waals surface area contributed by atoms with E-state index in [0.29, 0.717) is 5.69 Å². The minimum Gasteiger partial charge on any atom is -0.397 e. The maximum absolute atomic E-state index is 12.0. The van der Waals surface area contributed by atoms with Crippen LogP contribution in [-0.2, 0) is 0 Å². The first kappa shape index (κ1) is 12.1. The lowest BCUT2D eigenvalue weighted by Crippen LogP contribution is -2.15. The predicted octanol–water partition coefficient (Wildman–Crippen LogP) is 2.53. The lowest BCUT2D eigenvalue weighted by Gasteiger charge is -2.08. The van der Waals surface area contributed by atoms with Gasteiger partial charge in [-0.2, -0.15) is 0 Å². The number of nitrogens with one attached hydrogen (secondary N) is 1. The molecule has 92 valence electrons. The highest BCUT2D eigenvalue weighted by atomic mass is 16.1. The Morgan fingerprint density at radius 1 is 1.22 bits per heavy atom. The maximum atomic E-state index is 12.0. The van der Waals surface area contributed by atoms with Crippen molar-refractivity contribution in [3.8, 4) is 0 Å². The fourth-order valence-corrected chi connectivity index (χ4v) is 1.84. The third-order valence-corrected chi connectivity index (χ3v) is 2.53. The molecule has 0 fully saturated rings. The van der Waals surface area contributed by atoms with Gasteiger partial charge in [0.25, 0.3) is 5.91 Å². The number of hydrogen-bond donors (Lipinski definition) is 2. The molecule has 0 saturated carbocycles. The molecule has 1 aromatic carbocycles. The van der Waals surface area contributed by atoms with Gasteiger partial charge in [0.1, 0.15) is 0 Å². The van der Waals surface area contributed by atoms with Gasteiger partial charge in [-0.1, -0.05) is 6.07 Å². The molecule has 1 heterocycles. The van der Waals surface area contributed by atoms with Gasteiger partial charge < -0.3 is 11.1 Å². The summed E-state index contributed by atoms with van der Waals surface area (Å²) in [5.41, 5.74) is 9.28. The number of pyridine rings is 1. The summed E-state index contributed by atoms with van der Waals surface area (Å²) in [6.45, 7) is 3.97. The molecule has 1 amide bonds. The van der Waals surface area contributed by atoms with Crippen molar-refractivity contribution in [2.75, 3.05) is 11.1 Å². The molecule has 0 aliphatic carbocycles. The number of carbonyl (C=O) groups is 1. The molecule has 4 nitrogen and oxygen atoms in total. The zero-order valence-electron chi connectivity index (χ0n) is 10.4. The van der Waals surface area contributed by atoms with E-state index in [0.717, 1.165) is 16.8 Å². The van der Waals surface area contributed by atoms with Crippen LogP contribution in [0.5, 0.6) is 0 Å². The molecule has 18 heavy (non-hydrogen) atoms. The summed E-state index contributed by atoms with van der Waals surface area (Å²) in [6, 6.07) is 9.21. The van der Waals surface area contributed by atoms with Crippen LogP contribution >= 0.6 is 0 Å². The van der Waals surface area contributed by atoms with Gasteiger partial charge in [0.15, 0.2) is 5.69 Å². The van der Waals surface area contributed by atoms with E-state index in [1.165, 1.54) is 0 Å². The number of amides is 1. The van der Waals surface area contributed by atoms with Crippen molar-refractivity contribution in [1.82, 2.24) is 4.98 Å². The summed E-state index contributed by atoms with van der Waals surface area (Å²) in [7, 11) is 0. The molecule has 3 N–H and O–H groups in total. The summed E-state index contributed by atoms with van der Waals surface area (Å²) >= 11 is 0. The van der Waals surface area contributed by atoms with Gasteiger partial charge >= 0.3 is 0 Å². The SMILES string of the molecule is Cc1cc(C)cc(NC(=O)c2ncccc2N)c1. The van der Waals surface area contributed by atoms with Crippen LogP contribution in [0.3, 0.4) is 0 Å². The number of nitrogen functional groups attached to an aromatic ring is 1. The van der Waals surface area contributed by atoms with Crippen LogP contribution in [0.2, 0.25) is 0 Å². The van der Waals surface area contributed by atoms with Crippen LogP contribution in [-0.4, -0.2) is 10.9 Å². The highest BCUT2D eigenvalue weighted by Gasteiger charge is 2.11. The standard InChI is InChI=1S/C14H15N3O/c1-9-6-10(2)8-11(7-9)17-14(18)13-12(15)4-3-5-16-13/h3-8H,15H2,1-2H3,(H,17,18). The van der Waals surface area contributed by atoms with Gasteiger partial charge in [0.2, 0.25) is 0 Å². The number of aromatic nitrogens is 1. The Balaban J connectivity index is 2.24. The molecule has 4 heteroatoms. The molecule has 0 unspecified atom stereocenters. The van der Waals surface area contributed by atoms with Crippen molar-refractivity contribution in [1.29, 1.82) is 0 Å². The maximum Gasteiger partial charge on any atom is 0.276 e. The van der Waals surface area contributed by atoms with Crippen molar-refractivity contribution >= 4 is 17.3 Å². The van der Waals surface area contributed by atoms with Gasteiger partial charge in [-0.05, 0) is 49.2 Å². The van der Waals surface area contributed by atoms with Crippen LogP contribution in [0.1, 0.15) is 21.6 Å². The number of benzene rings is 1. The molecule has 0 aliphatic heterocycles. The van der Waals surface area contributed by atoms with E-state index in [-0.39, 0.29) is 11.6 Å². The van der Waals surface area contributed by atoms with Crippen LogP contribution in [0.4, 0.5) is 11.4 Å². The monoisotopic (exact) mass is 241 g/mol. The van der Waals surface area contributed by atoms with Crippen LogP contribution in [0, 0.1) is 13.8 Å². The quantitative estimate of drug-likeness (QED) is 0.849. The van der Waals surface area contributed by atoms with Crippen LogP contribution in [0.25, 0.3) is 0 Å². The summed E-state index contributed by atoms with van der Waals surface area (Å²) in [6.07, 6.45) is 1.55. The minimum absolute atomic E-state index is 0.247. The third-order valence-electron chi connectivity index (χ3n) is 2.53. The second-order valence-corrected chi connectivity index (χ2v) is 4.27. The first-order valence-electron chi connectivity index (χ1n) is 5.66. The molecule has 2 aromatic rings. The zero-order valence-corrected chi connectivity index (χ0v) is 10.4. The first-order chi connectivity index (χ1) is 8.56. The second kappa shape index (κ2) is 4.87. The van der Waals surface area contributed by atoms with E-state index in [1.807, 2.05) is 32.0 Å². The van der Waals surface area contributed by atoms with Crippen LogP contribution in [0.15, 0.2) is 36.5 Å². The summed E-state index contributed by atoms with van der Waals surface area (Å²) in [5.74, 6) is -0.293. The molecule has 0 atom stereocenters. The van der Waals surface area contributed by atoms with Crippen molar-refractivity contribution in [2.24, 2.45) is 0 Å². The van der Waals surface area contributed by atoms with Crippen LogP contribution < -0.4 is 11.1 Å². The molecule has 0 aliphatic rings. The second-order valence-electron chi connectivity index (χ2n) is 4.27. The molecule has 0 spiro atoms. The third kappa shape index (κ3) is 2.66. The molecule has 2 rings (SSSR count). The number of carbonyl (C=O) groups excluding carboxylic acids is 1. The molecular weight excluding hydrogens is 226 g/mol. The van der Waals surface area contributed by atoms with E-state index in [4.69, 9.17) is 5.73 Å². The first-order valence-corrected chi connectivity index (χ1v) is 5.66. The van der Waals surface area contributed by atoms with Gasteiger partial charge in [0.05, 0.1) is 5.69 Å². The van der Waals surface area contributed by atoms with Crippen molar-refractivity contribution in [2.45, 2.75) is 13.8 Å².